The third-order valence-electron chi connectivity index (χ3n) is 2.55. The van der Waals surface area contributed by atoms with Crippen LogP contribution in [0, 0.1) is 0 Å². The van der Waals surface area contributed by atoms with E-state index in [9.17, 15) is 0 Å². The number of phenols is 1. The third-order valence-corrected chi connectivity index (χ3v) is 2.81. The highest BCUT2D eigenvalue weighted by molar-refractivity contribution is 7.80. The number of rotatable bonds is 4. The minimum atomic E-state index is 0.308. The summed E-state index contributed by atoms with van der Waals surface area (Å²) < 4.78 is 0. The molecular formula is C12H16N2OS. The molecule has 86 valence electrons. The van der Waals surface area contributed by atoms with Crippen molar-refractivity contribution in [3.8, 4) is 5.75 Å². The first kappa shape index (κ1) is 11.2. The molecule has 1 aliphatic rings. The number of thiocarbonyl (C=S) groups is 1. The maximum absolute atomic E-state index is 9.13. The zero-order chi connectivity index (χ0) is 11.4. The van der Waals surface area contributed by atoms with E-state index >= 15 is 0 Å². The molecule has 1 saturated carbocycles. The van der Waals surface area contributed by atoms with Crippen molar-refractivity contribution >= 4 is 17.3 Å². The molecule has 0 bridgehead atoms. The summed E-state index contributed by atoms with van der Waals surface area (Å²) in [5, 5.41) is 16.3. The lowest BCUT2D eigenvalue weighted by molar-refractivity contribution is 0.475. The number of benzene rings is 1. The predicted octanol–water partition coefficient (Wildman–Crippen LogP) is 1.56. The number of nitrogens with one attached hydrogen (secondary N) is 2. The minimum Gasteiger partial charge on any atom is -0.508 e. The molecule has 0 unspecified atom stereocenters. The molecule has 0 amide bonds. The van der Waals surface area contributed by atoms with Crippen LogP contribution in [-0.4, -0.2) is 22.8 Å². The Balaban J connectivity index is 1.66. The van der Waals surface area contributed by atoms with E-state index in [0.29, 0.717) is 11.8 Å². The van der Waals surface area contributed by atoms with Gasteiger partial charge in [0.1, 0.15) is 5.75 Å². The highest BCUT2D eigenvalue weighted by atomic mass is 32.1. The van der Waals surface area contributed by atoms with Crippen LogP contribution in [0.5, 0.6) is 5.75 Å². The van der Waals surface area contributed by atoms with E-state index in [1.165, 1.54) is 18.4 Å². The Morgan fingerprint density at radius 2 is 2.00 bits per heavy atom. The Morgan fingerprint density at radius 3 is 2.62 bits per heavy atom. The van der Waals surface area contributed by atoms with Crippen molar-refractivity contribution in [1.29, 1.82) is 0 Å². The first-order valence-corrected chi connectivity index (χ1v) is 5.97. The number of phenolic OH excluding ortho intramolecular Hbond substituents is 1. The van der Waals surface area contributed by atoms with Gasteiger partial charge in [0.25, 0.3) is 0 Å². The van der Waals surface area contributed by atoms with Crippen molar-refractivity contribution < 1.29 is 5.11 Å². The zero-order valence-corrected chi connectivity index (χ0v) is 9.89. The van der Waals surface area contributed by atoms with Gasteiger partial charge in [0.05, 0.1) is 0 Å². The summed E-state index contributed by atoms with van der Waals surface area (Å²) in [5.41, 5.74) is 1.19. The van der Waals surface area contributed by atoms with Crippen molar-refractivity contribution in [2.45, 2.75) is 25.3 Å². The number of aromatic hydroxyl groups is 1. The fourth-order valence-electron chi connectivity index (χ4n) is 1.45. The lowest BCUT2D eigenvalue weighted by Gasteiger charge is -2.09. The second kappa shape index (κ2) is 5.16. The highest BCUT2D eigenvalue weighted by Crippen LogP contribution is 2.18. The van der Waals surface area contributed by atoms with Crippen LogP contribution in [0.25, 0.3) is 0 Å². The van der Waals surface area contributed by atoms with Crippen LogP contribution < -0.4 is 10.6 Å². The van der Waals surface area contributed by atoms with E-state index in [0.717, 1.165) is 18.1 Å². The van der Waals surface area contributed by atoms with Gasteiger partial charge in [0, 0.05) is 12.6 Å². The van der Waals surface area contributed by atoms with Crippen LogP contribution in [-0.2, 0) is 6.42 Å². The monoisotopic (exact) mass is 236 g/mol. The summed E-state index contributed by atoms with van der Waals surface area (Å²) in [7, 11) is 0. The van der Waals surface area contributed by atoms with Gasteiger partial charge in [0.2, 0.25) is 0 Å². The summed E-state index contributed by atoms with van der Waals surface area (Å²) in [6.45, 7) is 0.823. The van der Waals surface area contributed by atoms with Gasteiger partial charge in [-0.15, -0.1) is 0 Å². The van der Waals surface area contributed by atoms with Crippen LogP contribution in [0.3, 0.4) is 0 Å². The molecule has 0 saturated heterocycles. The molecule has 1 aromatic carbocycles. The maximum Gasteiger partial charge on any atom is 0.166 e. The summed E-state index contributed by atoms with van der Waals surface area (Å²) in [6.07, 6.45) is 3.38. The molecule has 0 heterocycles. The Kier molecular flexibility index (Phi) is 3.62. The fraction of sp³-hybridized carbons (Fsp3) is 0.417. The van der Waals surface area contributed by atoms with Crippen molar-refractivity contribution in [1.82, 2.24) is 10.6 Å². The average molecular weight is 236 g/mol. The Morgan fingerprint density at radius 1 is 1.31 bits per heavy atom. The number of hydrogen-bond donors (Lipinski definition) is 3. The largest absolute Gasteiger partial charge is 0.508 e. The second-order valence-corrected chi connectivity index (χ2v) is 4.50. The second-order valence-electron chi connectivity index (χ2n) is 4.09. The lowest BCUT2D eigenvalue weighted by Crippen LogP contribution is -2.37. The Bertz CT molecular complexity index is 360. The molecule has 2 rings (SSSR count). The van der Waals surface area contributed by atoms with E-state index in [2.05, 4.69) is 10.6 Å². The first-order chi connectivity index (χ1) is 7.74. The molecule has 1 aromatic rings. The van der Waals surface area contributed by atoms with Crippen LogP contribution in [0.2, 0.25) is 0 Å². The molecule has 0 aromatic heterocycles. The quantitative estimate of drug-likeness (QED) is 0.694. The summed E-state index contributed by atoms with van der Waals surface area (Å²) in [4.78, 5) is 0. The topological polar surface area (TPSA) is 44.3 Å². The molecule has 0 spiro atoms. The van der Waals surface area contributed by atoms with Crippen LogP contribution in [0.4, 0.5) is 0 Å². The first-order valence-electron chi connectivity index (χ1n) is 5.56. The molecule has 3 nitrogen and oxygen atoms in total. The summed E-state index contributed by atoms with van der Waals surface area (Å²) in [6, 6.07) is 7.86. The van der Waals surface area contributed by atoms with Gasteiger partial charge >= 0.3 is 0 Å². The summed E-state index contributed by atoms with van der Waals surface area (Å²) >= 11 is 5.14. The standard InChI is InChI=1S/C12H16N2OS/c15-11-5-1-9(2-6-11)7-8-13-12(16)14-10-3-4-10/h1-2,5-6,10,15H,3-4,7-8H2,(H2,13,14,16). The van der Waals surface area contributed by atoms with Gasteiger partial charge in [-0.1, -0.05) is 12.1 Å². The van der Waals surface area contributed by atoms with Crippen molar-refractivity contribution in [3.63, 3.8) is 0 Å². The van der Waals surface area contributed by atoms with Gasteiger partial charge < -0.3 is 15.7 Å². The Hall–Kier alpha value is -1.29. The van der Waals surface area contributed by atoms with E-state index < -0.39 is 0 Å². The van der Waals surface area contributed by atoms with E-state index in [4.69, 9.17) is 17.3 Å². The van der Waals surface area contributed by atoms with Gasteiger partial charge in [-0.05, 0) is 49.2 Å². The van der Waals surface area contributed by atoms with Gasteiger partial charge in [-0.3, -0.25) is 0 Å². The van der Waals surface area contributed by atoms with Crippen molar-refractivity contribution in [3.05, 3.63) is 29.8 Å². The predicted molar refractivity (Wildman–Crippen MR) is 68.6 cm³/mol. The van der Waals surface area contributed by atoms with Crippen LogP contribution >= 0.6 is 12.2 Å². The average Bonchev–Trinajstić information content (AvgIpc) is 3.05. The molecule has 0 aliphatic heterocycles. The van der Waals surface area contributed by atoms with E-state index in [1.54, 1.807) is 12.1 Å². The molecule has 0 radical (unpaired) electrons. The molecule has 1 aliphatic carbocycles. The van der Waals surface area contributed by atoms with Crippen LogP contribution in [0.15, 0.2) is 24.3 Å². The fourth-order valence-corrected chi connectivity index (χ4v) is 1.72. The van der Waals surface area contributed by atoms with Gasteiger partial charge in [-0.25, -0.2) is 0 Å². The smallest absolute Gasteiger partial charge is 0.166 e. The normalized spacial score (nSPS) is 14.5. The maximum atomic E-state index is 9.13. The van der Waals surface area contributed by atoms with Crippen molar-refractivity contribution in [2.75, 3.05) is 6.54 Å². The van der Waals surface area contributed by atoms with Crippen LogP contribution in [0.1, 0.15) is 18.4 Å². The van der Waals surface area contributed by atoms with E-state index in [1.807, 2.05) is 12.1 Å². The lowest BCUT2D eigenvalue weighted by atomic mass is 10.1. The molecule has 1 fully saturated rings. The minimum absolute atomic E-state index is 0.308. The Labute approximate surface area is 101 Å². The molecule has 3 N–H and O–H groups in total. The van der Waals surface area contributed by atoms with E-state index in [-0.39, 0.29) is 0 Å². The number of hydrogen-bond acceptors (Lipinski definition) is 2. The molecular weight excluding hydrogens is 220 g/mol. The van der Waals surface area contributed by atoms with Gasteiger partial charge in [-0.2, -0.15) is 0 Å². The molecule has 4 heteroatoms. The summed E-state index contributed by atoms with van der Waals surface area (Å²) in [5.74, 6) is 0.308. The zero-order valence-electron chi connectivity index (χ0n) is 9.07. The highest BCUT2D eigenvalue weighted by Gasteiger charge is 2.21. The van der Waals surface area contributed by atoms with Crippen molar-refractivity contribution in [2.24, 2.45) is 0 Å². The third kappa shape index (κ3) is 3.70. The van der Waals surface area contributed by atoms with Gasteiger partial charge in [0.15, 0.2) is 5.11 Å². The molecule has 16 heavy (non-hydrogen) atoms. The SMILES string of the molecule is Oc1ccc(CCNC(=S)NC2CC2)cc1. The molecule has 0 atom stereocenters.